The number of carbonyl (C=O) groups is 1. The highest BCUT2D eigenvalue weighted by atomic mass is 16.5. The van der Waals surface area contributed by atoms with Crippen LogP contribution in [-0.4, -0.2) is 49.0 Å². The maximum absolute atomic E-state index is 12.2. The number of nitrogens with one attached hydrogen (secondary N) is 2. The number of nitrogens with zero attached hydrogens (tertiary/aromatic N) is 1. The molecule has 6 rings (SSSR count). The third-order valence-corrected chi connectivity index (χ3v) is 7.28. The molecule has 1 fully saturated rings. The summed E-state index contributed by atoms with van der Waals surface area (Å²) in [5, 5.41) is 11.6. The summed E-state index contributed by atoms with van der Waals surface area (Å²) in [5.41, 5.74) is 18.8. The molecule has 8 nitrogen and oxygen atoms in total. The SMILES string of the molecule is C1CCOC1.N=C(c1ccc2c(c1)OCCNC2=O)c1cc(-c2ccc3c(c2)CCC(N)CC3)cnc1N. The molecular formula is C30H35N5O3. The second kappa shape index (κ2) is 11.8. The molecule has 0 saturated carbocycles. The minimum atomic E-state index is -0.173. The van der Waals surface area contributed by atoms with Crippen LogP contribution in [0, 0.1) is 5.41 Å². The molecule has 0 bridgehead atoms. The monoisotopic (exact) mass is 513 g/mol. The molecule has 0 spiro atoms. The van der Waals surface area contributed by atoms with Crippen LogP contribution in [0.1, 0.15) is 58.3 Å². The Hall–Kier alpha value is -3.75. The van der Waals surface area contributed by atoms with Crippen LogP contribution >= 0.6 is 0 Å². The molecule has 1 unspecified atom stereocenters. The standard InChI is InChI=1S/C26H27N5O2.C4H8O/c27-20-6-3-15-1-2-17(11-16(15)4-7-20)19-12-22(25(29)31-14-19)24(28)18-5-8-21-23(13-18)33-10-9-30-26(21)32;1-2-4-5-3-1/h1-2,5,8,11-14,20,28H,3-4,6-7,9-10,27H2,(H2,29,31)(H,30,32);1-4H2. The van der Waals surface area contributed by atoms with Crippen molar-refractivity contribution in [2.24, 2.45) is 5.73 Å². The van der Waals surface area contributed by atoms with Crippen LogP contribution in [0.15, 0.2) is 48.7 Å². The van der Waals surface area contributed by atoms with Crippen molar-refractivity contribution in [3.63, 3.8) is 0 Å². The number of nitrogen functional groups attached to an aromatic ring is 1. The Bertz CT molecular complexity index is 1330. The molecule has 1 amide bonds. The van der Waals surface area contributed by atoms with E-state index < -0.39 is 0 Å². The molecular weight excluding hydrogens is 478 g/mol. The zero-order chi connectivity index (χ0) is 26.5. The van der Waals surface area contributed by atoms with E-state index in [-0.39, 0.29) is 23.5 Å². The number of pyridine rings is 1. The Kier molecular flexibility index (Phi) is 8.00. The van der Waals surface area contributed by atoms with Crippen LogP contribution in [-0.2, 0) is 17.6 Å². The van der Waals surface area contributed by atoms with E-state index in [1.54, 1.807) is 24.4 Å². The summed E-state index contributed by atoms with van der Waals surface area (Å²) in [6, 6.07) is 13.8. The number of nitrogens with two attached hydrogens (primary N) is 2. The Labute approximate surface area is 223 Å². The first kappa shape index (κ1) is 25.9. The van der Waals surface area contributed by atoms with Gasteiger partial charge in [-0.25, -0.2) is 4.98 Å². The highest BCUT2D eigenvalue weighted by Crippen LogP contribution is 2.30. The fraction of sp³-hybridized carbons (Fsp3) is 0.367. The van der Waals surface area contributed by atoms with Crippen molar-refractivity contribution in [2.75, 3.05) is 32.1 Å². The minimum absolute atomic E-state index is 0.173. The van der Waals surface area contributed by atoms with E-state index >= 15 is 0 Å². The van der Waals surface area contributed by atoms with Gasteiger partial charge >= 0.3 is 0 Å². The first-order valence-corrected chi connectivity index (χ1v) is 13.3. The number of anilines is 1. The van der Waals surface area contributed by atoms with Gasteiger partial charge in [-0.1, -0.05) is 24.3 Å². The normalized spacial score (nSPS) is 18.4. The predicted octanol–water partition coefficient (Wildman–Crippen LogP) is 3.87. The zero-order valence-corrected chi connectivity index (χ0v) is 21.6. The molecule has 1 aromatic heterocycles. The zero-order valence-electron chi connectivity index (χ0n) is 21.6. The summed E-state index contributed by atoms with van der Waals surface area (Å²) < 4.78 is 10.6. The molecule has 6 N–H and O–H groups in total. The molecule has 2 aliphatic heterocycles. The van der Waals surface area contributed by atoms with Crippen molar-refractivity contribution in [2.45, 2.75) is 44.6 Å². The van der Waals surface area contributed by atoms with Crippen LogP contribution < -0.4 is 21.5 Å². The van der Waals surface area contributed by atoms with Crippen LogP contribution in [0.25, 0.3) is 11.1 Å². The Balaban J connectivity index is 0.000000529. The number of rotatable bonds is 3. The van der Waals surface area contributed by atoms with Crippen molar-refractivity contribution in [1.82, 2.24) is 10.3 Å². The van der Waals surface area contributed by atoms with E-state index in [9.17, 15) is 4.79 Å². The van der Waals surface area contributed by atoms with E-state index in [2.05, 4.69) is 28.5 Å². The van der Waals surface area contributed by atoms with Gasteiger partial charge < -0.3 is 26.3 Å². The van der Waals surface area contributed by atoms with Gasteiger partial charge in [-0.05, 0) is 73.4 Å². The molecule has 8 heteroatoms. The largest absolute Gasteiger partial charge is 0.491 e. The lowest BCUT2D eigenvalue weighted by molar-refractivity contribution is 0.0957. The third-order valence-electron chi connectivity index (χ3n) is 7.28. The second-order valence-electron chi connectivity index (χ2n) is 9.99. The summed E-state index contributed by atoms with van der Waals surface area (Å²) in [4.78, 5) is 16.6. The Morgan fingerprint density at radius 2 is 1.76 bits per heavy atom. The molecule has 3 aliphatic rings. The molecule has 1 aliphatic carbocycles. The van der Waals surface area contributed by atoms with Gasteiger partial charge in [0.05, 0.1) is 17.8 Å². The van der Waals surface area contributed by atoms with Crippen molar-refractivity contribution in [3.05, 3.63) is 76.5 Å². The average molecular weight is 514 g/mol. The average Bonchev–Trinajstić information content (AvgIpc) is 3.41. The summed E-state index contributed by atoms with van der Waals surface area (Å²) in [6.45, 7) is 2.84. The smallest absolute Gasteiger partial charge is 0.255 e. The van der Waals surface area contributed by atoms with Gasteiger partial charge in [-0.2, -0.15) is 0 Å². The van der Waals surface area contributed by atoms with Crippen LogP contribution in [0.4, 0.5) is 5.82 Å². The first-order chi connectivity index (χ1) is 18.5. The van der Waals surface area contributed by atoms with Gasteiger partial charge in [0.2, 0.25) is 0 Å². The fourth-order valence-corrected chi connectivity index (χ4v) is 5.01. The van der Waals surface area contributed by atoms with Gasteiger partial charge in [-0.15, -0.1) is 0 Å². The number of ether oxygens (including phenoxy) is 2. The molecule has 38 heavy (non-hydrogen) atoms. The molecule has 0 radical (unpaired) electrons. The fourth-order valence-electron chi connectivity index (χ4n) is 5.01. The quantitative estimate of drug-likeness (QED) is 0.310. The number of fused-ring (bicyclic) bond motifs is 2. The van der Waals surface area contributed by atoms with E-state index in [4.69, 9.17) is 26.4 Å². The summed E-state index contributed by atoms with van der Waals surface area (Å²) in [7, 11) is 0. The molecule has 3 heterocycles. The van der Waals surface area contributed by atoms with Crippen molar-refractivity contribution >= 4 is 17.4 Å². The third kappa shape index (κ3) is 5.87. The highest BCUT2D eigenvalue weighted by Gasteiger charge is 2.20. The van der Waals surface area contributed by atoms with Crippen molar-refractivity contribution in [1.29, 1.82) is 5.41 Å². The van der Waals surface area contributed by atoms with Gasteiger partial charge in [-0.3, -0.25) is 10.2 Å². The van der Waals surface area contributed by atoms with Crippen LogP contribution in [0.3, 0.4) is 0 Å². The molecule has 2 aromatic carbocycles. The molecule has 198 valence electrons. The van der Waals surface area contributed by atoms with Gasteiger partial charge in [0.15, 0.2) is 0 Å². The van der Waals surface area contributed by atoms with Crippen LogP contribution in [0.2, 0.25) is 0 Å². The lowest BCUT2D eigenvalue weighted by Crippen LogP contribution is -2.24. The van der Waals surface area contributed by atoms with E-state index in [0.717, 1.165) is 50.0 Å². The summed E-state index contributed by atoms with van der Waals surface area (Å²) in [6.07, 6.45) is 8.29. The predicted molar refractivity (Wildman–Crippen MR) is 149 cm³/mol. The number of aromatic nitrogens is 1. The first-order valence-electron chi connectivity index (χ1n) is 13.3. The second-order valence-corrected chi connectivity index (χ2v) is 9.99. The maximum Gasteiger partial charge on any atom is 0.255 e. The van der Waals surface area contributed by atoms with Gasteiger partial charge in [0.25, 0.3) is 5.91 Å². The number of hydrogen-bond donors (Lipinski definition) is 4. The lowest BCUT2D eigenvalue weighted by atomic mass is 9.95. The van der Waals surface area contributed by atoms with E-state index in [1.165, 1.54) is 24.0 Å². The van der Waals surface area contributed by atoms with Crippen molar-refractivity contribution < 1.29 is 14.3 Å². The summed E-state index contributed by atoms with van der Waals surface area (Å²) in [5.74, 6) is 0.588. The number of amides is 1. The molecule has 1 atom stereocenters. The number of hydrogen-bond acceptors (Lipinski definition) is 7. The van der Waals surface area contributed by atoms with Gasteiger partial charge in [0, 0.05) is 42.1 Å². The van der Waals surface area contributed by atoms with E-state index in [1.807, 2.05) is 6.07 Å². The highest BCUT2D eigenvalue weighted by molar-refractivity contribution is 6.14. The molecule has 3 aromatic rings. The van der Waals surface area contributed by atoms with Crippen LogP contribution in [0.5, 0.6) is 5.75 Å². The molecule has 1 saturated heterocycles. The lowest BCUT2D eigenvalue weighted by Gasteiger charge is -2.13. The Morgan fingerprint density at radius 3 is 2.53 bits per heavy atom. The maximum atomic E-state index is 12.2. The van der Waals surface area contributed by atoms with Crippen molar-refractivity contribution in [3.8, 4) is 16.9 Å². The number of carbonyl (C=O) groups excluding carboxylic acids is 1. The summed E-state index contributed by atoms with van der Waals surface area (Å²) >= 11 is 0. The minimum Gasteiger partial charge on any atom is -0.491 e. The van der Waals surface area contributed by atoms with E-state index in [0.29, 0.717) is 35.6 Å². The number of aryl methyl sites for hydroxylation is 2. The van der Waals surface area contributed by atoms with Gasteiger partial charge in [0.1, 0.15) is 18.2 Å². The Morgan fingerprint density at radius 1 is 0.974 bits per heavy atom. The topological polar surface area (TPSA) is 136 Å². The number of benzene rings is 2.